The maximum atomic E-state index is 5.41. The number of aryl methyl sites for hydroxylation is 1. The molecule has 170 valence electrons. The molecule has 1 aromatic carbocycles. The van der Waals surface area contributed by atoms with Crippen LogP contribution in [0.5, 0.6) is 5.75 Å². The summed E-state index contributed by atoms with van der Waals surface area (Å²) in [5.74, 6) is 2.78. The number of hydrogen-bond acceptors (Lipinski definition) is 5. The molecule has 8 heteroatoms. The van der Waals surface area contributed by atoms with Gasteiger partial charge in [0.25, 0.3) is 0 Å². The molecule has 3 rings (SSSR count). The predicted molar refractivity (Wildman–Crippen MR) is 139 cm³/mol. The first-order chi connectivity index (χ1) is 14.6. The molecule has 1 saturated heterocycles. The minimum absolute atomic E-state index is 0. The van der Waals surface area contributed by atoms with E-state index in [1.165, 1.54) is 5.56 Å². The van der Waals surface area contributed by atoms with Crippen molar-refractivity contribution >= 4 is 35.8 Å². The Balaban J connectivity index is 0.00000341. The molecule has 1 aliphatic heterocycles. The van der Waals surface area contributed by atoms with Gasteiger partial charge in [0.05, 0.1) is 7.11 Å². The lowest BCUT2D eigenvalue weighted by atomic mass is 10.1. The first-order valence-corrected chi connectivity index (χ1v) is 10.6. The molecule has 0 unspecified atom stereocenters. The van der Waals surface area contributed by atoms with Gasteiger partial charge in [-0.05, 0) is 49.2 Å². The number of benzene rings is 1. The number of ether oxygens (including phenoxy) is 1. The van der Waals surface area contributed by atoms with Gasteiger partial charge in [-0.15, -0.1) is 24.0 Å². The molecular formula is C23H35IN6O. The van der Waals surface area contributed by atoms with Crippen molar-refractivity contribution in [1.82, 2.24) is 20.5 Å². The van der Waals surface area contributed by atoms with E-state index in [-0.39, 0.29) is 24.0 Å². The fraction of sp³-hybridized carbons (Fsp3) is 0.478. The van der Waals surface area contributed by atoms with Crippen LogP contribution >= 0.6 is 24.0 Å². The summed E-state index contributed by atoms with van der Waals surface area (Å²) in [7, 11) is 5.67. The number of nitrogens with one attached hydrogen (secondary N) is 2. The van der Waals surface area contributed by atoms with Crippen molar-refractivity contribution in [3.05, 3.63) is 53.2 Å². The zero-order chi connectivity index (χ0) is 21.3. The Bertz CT molecular complexity index is 834. The number of methoxy groups -OCH3 is 1. The van der Waals surface area contributed by atoms with E-state index in [4.69, 9.17) is 4.74 Å². The lowest BCUT2D eigenvalue weighted by Crippen LogP contribution is -2.44. The summed E-state index contributed by atoms with van der Waals surface area (Å²) in [6, 6.07) is 10.6. The second-order valence-electron chi connectivity index (χ2n) is 7.72. The molecule has 1 aromatic heterocycles. The number of hydrogen-bond donors (Lipinski definition) is 2. The van der Waals surface area contributed by atoms with E-state index in [2.05, 4.69) is 74.7 Å². The number of aliphatic imine (C=N–C) groups is 1. The van der Waals surface area contributed by atoms with Gasteiger partial charge in [0.15, 0.2) is 5.96 Å². The third-order valence-electron chi connectivity index (χ3n) is 5.50. The minimum atomic E-state index is 0. The van der Waals surface area contributed by atoms with Crippen molar-refractivity contribution in [2.24, 2.45) is 4.99 Å². The number of pyridine rings is 1. The van der Waals surface area contributed by atoms with E-state index in [1.807, 2.05) is 6.20 Å². The molecule has 1 fully saturated rings. The highest BCUT2D eigenvalue weighted by Gasteiger charge is 2.14. The van der Waals surface area contributed by atoms with Gasteiger partial charge in [-0.1, -0.05) is 18.2 Å². The van der Waals surface area contributed by atoms with Gasteiger partial charge in [-0.25, -0.2) is 4.98 Å². The molecule has 31 heavy (non-hydrogen) atoms. The van der Waals surface area contributed by atoms with Crippen molar-refractivity contribution in [3.8, 4) is 5.75 Å². The minimum Gasteiger partial charge on any atom is -0.496 e. The number of aromatic nitrogens is 1. The molecule has 0 spiro atoms. The van der Waals surface area contributed by atoms with E-state index in [9.17, 15) is 0 Å². The molecule has 0 atom stereocenters. The van der Waals surface area contributed by atoms with E-state index in [1.54, 1.807) is 14.2 Å². The van der Waals surface area contributed by atoms with Gasteiger partial charge in [0.1, 0.15) is 11.6 Å². The topological polar surface area (TPSA) is 65.0 Å². The average molecular weight is 538 g/mol. The van der Waals surface area contributed by atoms with Crippen LogP contribution in [0.25, 0.3) is 0 Å². The fourth-order valence-corrected chi connectivity index (χ4v) is 3.50. The van der Waals surface area contributed by atoms with Crippen molar-refractivity contribution in [2.75, 3.05) is 58.8 Å². The lowest BCUT2D eigenvalue weighted by Gasteiger charge is -2.33. The summed E-state index contributed by atoms with van der Waals surface area (Å²) in [6.07, 6.45) is 2.85. The highest BCUT2D eigenvalue weighted by atomic mass is 127. The molecular weight excluding hydrogens is 503 g/mol. The van der Waals surface area contributed by atoms with Gasteiger partial charge in [-0.2, -0.15) is 0 Å². The second-order valence-corrected chi connectivity index (χ2v) is 7.72. The molecule has 2 heterocycles. The highest BCUT2D eigenvalue weighted by Crippen LogP contribution is 2.19. The number of nitrogens with zero attached hydrogens (tertiary/aromatic N) is 4. The quantitative estimate of drug-likeness (QED) is 0.321. The Morgan fingerprint density at radius 2 is 1.84 bits per heavy atom. The van der Waals surface area contributed by atoms with Crippen molar-refractivity contribution in [3.63, 3.8) is 0 Å². The van der Waals surface area contributed by atoms with Crippen LogP contribution in [0.3, 0.4) is 0 Å². The first kappa shape index (κ1) is 25.2. The standard InChI is InChI=1S/C23H34N6O.HI/c1-18-5-6-19(15-21(18)30-4)9-10-25-23(24-2)27-17-20-7-8-22(26-16-20)29-13-11-28(3)12-14-29;/h5-8,15-16H,9-14,17H2,1-4H3,(H2,24,25,27);1H. The van der Waals surface area contributed by atoms with E-state index >= 15 is 0 Å². The third-order valence-corrected chi connectivity index (χ3v) is 5.50. The molecule has 1 aliphatic rings. The number of piperazine rings is 1. The van der Waals surface area contributed by atoms with Crippen LogP contribution in [0.1, 0.15) is 16.7 Å². The van der Waals surface area contributed by atoms with Crippen LogP contribution in [0.2, 0.25) is 0 Å². The SMILES string of the molecule is CN=C(NCCc1ccc(C)c(OC)c1)NCc1ccc(N2CCN(C)CC2)nc1.I. The summed E-state index contributed by atoms with van der Waals surface area (Å²) in [6.45, 7) is 7.78. The molecule has 0 saturated carbocycles. The second kappa shape index (κ2) is 12.7. The summed E-state index contributed by atoms with van der Waals surface area (Å²) in [4.78, 5) is 13.7. The molecule has 2 aromatic rings. The van der Waals surface area contributed by atoms with Gasteiger partial charge in [-0.3, -0.25) is 4.99 Å². The van der Waals surface area contributed by atoms with Gasteiger partial charge in [0, 0.05) is 52.5 Å². The Morgan fingerprint density at radius 1 is 1.10 bits per heavy atom. The maximum absolute atomic E-state index is 5.41. The zero-order valence-electron chi connectivity index (χ0n) is 19.0. The van der Waals surface area contributed by atoms with Gasteiger partial charge in [0.2, 0.25) is 0 Å². The largest absolute Gasteiger partial charge is 0.496 e. The molecule has 2 N–H and O–H groups in total. The molecule has 0 aliphatic carbocycles. The normalized spacial score (nSPS) is 14.7. The number of guanidine groups is 1. The number of rotatable bonds is 7. The zero-order valence-corrected chi connectivity index (χ0v) is 21.3. The number of anilines is 1. The van der Waals surface area contributed by atoms with Crippen molar-refractivity contribution in [1.29, 1.82) is 0 Å². The summed E-state index contributed by atoms with van der Waals surface area (Å²) in [5.41, 5.74) is 3.53. The number of halogens is 1. The smallest absolute Gasteiger partial charge is 0.191 e. The predicted octanol–water partition coefficient (Wildman–Crippen LogP) is 2.68. The Labute approximate surface area is 203 Å². The maximum Gasteiger partial charge on any atom is 0.191 e. The van der Waals surface area contributed by atoms with Crippen LogP contribution in [0, 0.1) is 6.92 Å². The van der Waals surface area contributed by atoms with Crippen LogP contribution in [-0.2, 0) is 13.0 Å². The van der Waals surface area contributed by atoms with Crippen LogP contribution < -0.4 is 20.3 Å². The Morgan fingerprint density at radius 3 is 2.48 bits per heavy atom. The van der Waals surface area contributed by atoms with Gasteiger partial charge < -0.3 is 25.2 Å². The Kier molecular flexibility index (Phi) is 10.3. The lowest BCUT2D eigenvalue weighted by molar-refractivity contribution is 0.312. The molecule has 0 bridgehead atoms. The van der Waals surface area contributed by atoms with Crippen LogP contribution in [-0.4, -0.2) is 69.8 Å². The highest BCUT2D eigenvalue weighted by molar-refractivity contribution is 14.0. The first-order valence-electron chi connectivity index (χ1n) is 10.6. The van der Waals surface area contributed by atoms with E-state index < -0.39 is 0 Å². The fourth-order valence-electron chi connectivity index (χ4n) is 3.50. The molecule has 7 nitrogen and oxygen atoms in total. The average Bonchev–Trinajstić information content (AvgIpc) is 2.78. The third kappa shape index (κ3) is 7.53. The molecule has 0 radical (unpaired) electrons. The monoisotopic (exact) mass is 538 g/mol. The van der Waals surface area contributed by atoms with Crippen LogP contribution in [0.4, 0.5) is 5.82 Å². The summed E-state index contributed by atoms with van der Waals surface area (Å²) < 4.78 is 5.41. The number of likely N-dealkylation sites (N-methyl/N-ethyl adjacent to an activating group) is 1. The van der Waals surface area contributed by atoms with E-state index in [0.29, 0.717) is 6.54 Å². The van der Waals surface area contributed by atoms with Crippen molar-refractivity contribution in [2.45, 2.75) is 19.9 Å². The van der Waals surface area contributed by atoms with E-state index in [0.717, 1.165) is 67.8 Å². The Hall–Kier alpha value is -2.07. The van der Waals surface area contributed by atoms with Crippen molar-refractivity contribution < 1.29 is 4.74 Å². The van der Waals surface area contributed by atoms with Gasteiger partial charge >= 0.3 is 0 Å². The van der Waals surface area contributed by atoms with Crippen LogP contribution in [0.15, 0.2) is 41.5 Å². The summed E-state index contributed by atoms with van der Waals surface area (Å²) >= 11 is 0. The molecule has 0 amide bonds. The summed E-state index contributed by atoms with van der Waals surface area (Å²) in [5, 5.41) is 6.73.